The molecule has 2 aromatic rings. The number of benzene rings is 2. The predicted molar refractivity (Wildman–Crippen MR) is 77.6 cm³/mol. The van der Waals surface area contributed by atoms with E-state index < -0.39 is 0 Å². The first-order chi connectivity index (χ1) is 9.10. The molecular formula is C16H19FN2. The minimum absolute atomic E-state index is 0.242. The molecule has 0 atom stereocenters. The second kappa shape index (κ2) is 5.85. The maximum Gasteiger partial charge on any atom is 0.123 e. The lowest BCUT2D eigenvalue weighted by Gasteiger charge is -2.22. The maximum atomic E-state index is 13.2. The molecule has 0 aliphatic heterocycles. The van der Waals surface area contributed by atoms with E-state index in [1.807, 2.05) is 13.1 Å². The van der Waals surface area contributed by atoms with Crippen molar-refractivity contribution in [3.8, 4) is 0 Å². The summed E-state index contributed by atoms with van der Waals surface area (Å²) >= 11 is 0. The second-order valence-corrected chi connectivity index (χ2v) is 4.82. The summed E-state index contributed by atoms with van der Waals surface area (Å²) < 4.78 is 13.2. The van der Waals surface area contributed by atoms with Crippen LogP contribution in [0.2, 0.25) is 0 Å². The van der Waals surface area contributed by atoms with Gasteiger partial charge in [-0.15, -0.1) is 0 Å². The van der Waals surface area contributed by atoms with Gasteiger partial charge in [-0.05, 0) is 36.2 Å². The largest absolute Gasteiger partial charge is 0.370 e. The van der Waals surface area contributed by atoms with Gasteiger partial charge in [-0.1, -0.05) is 29.8 Å². The van der Waals surface area contributed by atoms with Crippen LogP contribution in [0.25, 0.3) is 0 Å². The fourth-order valence-corrected chi connectivity index (χ4v) is 2.26. The fraction of sp³-hybridized carbons (Fsp3) is 0.250. The van der Waals surface area contributed by atoms with Crippen molar-refractivity contribution >= 4 is 5.69 Å². The molecule has 0 bridgehead atoms. The zero-order valence-corrected chi connectivity index (χ0v) is 11.4. The Bertz CT molecular complexity index is 566. The molecule has 2 rings (SSSR count). The van der Waals surface area contributed by atoms with Crippen LogP contribution >= 0.6 is 0 Å². The third-order valence-electron chi connectivity index (χ3n) is 3.17. The molecular weight excluding hydrogens is 239 g/mol. The van der Waals surface area contributed by atoms with E-state index >= 15 is 0 Å². The Labute approximate surface area is 113 Å². The van der Waals surface area contributed by atoms with Crippen molar-refractivity contribution in [2.24, 2.45) is 5.73 Å². The van der Waals surface area contributed by atoms with Crippen LogP contribution in [0.15, 0.2) is 42.5 Å². The Kier molecular flexibility index (Phi) is 4.17. The Balaban J connectivity index is 2.22. The fourth-order valence-electron chi connectivity index (χ4n) is 2.26. The van der Waals surface area contributed by atoms with E-state index in [1.54, 1.807) is 6.07 Å². The van der Waals surface area contributed by atoms with Gasteiger partial charge >= 0.3 is 0 Å². The molecule has 0 saturated heterocycles. The number of hydrogen-bond donors (Lipinski definition) is 1. The summed E-state index contributed by atoms with van der Waals surface area (Å²) in [5, 5.41) is 0. The number of rotatable bonds is 4. The second-order valence-electron chi connectivity index (χ2n) is 4.82. The van der Waals surface area contributed by atoms with Gasteiger partial charge in [0.25, 0.3) is 0 Å². The predicted octanol–water partition coefficient (Wildman–Crippen LogP) is 3.23. The smallest absolute Gasteiger partial charge is 0.123 e. The third kappa shape index (κ3) is 3.32. The SMILES string of the molecule is Cc1cccc(CN(C)c2ccc(F)cc2CN)c1. The Hall–Kier alpha value is -1.87. The number of halogens is 1. The van der Waals surface area contributed by atoms with Crippen LogP contribution in [-0.2, 0) is 13.1 Å². The van der Waals surface area contributed by atoms with Gasteiger partial charge in [0.15, 0.2) is 0 Å². The van der Waals surface area contributed by atoms with Gasteiger partial charge in [-0.25, -0.2) is 4.39 Å². The molecule has 2 nitrogen and oxygen atoms in total. The van der Waals surface area contributed by atoms with Crippen molar-refractivity contribution in [2.75, 3.05) is 11.9 Å². The normalized spacial score (nSPS) is 10.5. The van der Waals surface area contributed by atoms with E-state index in [0.29, 0.717) is 6.54 Å². The highest BCUT2D eigenvalue weighted by Gasteiger charge is 2.08. The Morgan fingerprint density at radius 3 is 2.63 bits per heavy atom. The number of hydrogen-bond acceptors (Lipinski definition) is 2. The lowest BCUT2D eigenvalue weighted by atomic mass is 10.1. The highest BCUT2D eigenvalue weighted by molar-refractivity contribution is 5.53. The summed E-state index contributed by atoms with van der Waals surface area (Å²) in [6.45, 7) is 3.19. The molecule has 0 fully saturated rings. The molecule has 100 valence electrons. The molecule has 0 amide bonds. The topological polar surface area (TPSA) is 29.3 Å². The summed E-state index contributed by atoms with van der Waals surface area (Å²) in [7, 11) is 1.99. The Morgan fingerprint density at radius 2 is 1.95 bits per heavy atom. The summed E-state index contributed by atoms with van der Waals surface area (Å²) in [4.78, 5) is 2.09. The van der Waals surface area contributed by atoms with Crippen LogP contribution in [0.1, 0.15) is 16.7 Å². The van der Waals surface area contributed by atoms with Crippen molar-refractivity contribution in [3.63, 3.8) is 0 Å². The van der Waals surface area contributed by atoms with Gasteiger partial charge in [0.05, 0.1) is 0 Å². The van der Waals surface area contributed by atoms with Crippen molar-refractivity contribution < 1.29 is 4.39 Å². The van der Waals surface area contributed by atoms with E-state index in [4.69, 9.17) is 5.73 Å². The molecule has 0 radical (unpaired) electrons. The van der Waals surface area contributed by atoms with E-state index in [1.165, 1.54) is 23.3 Å². The molecule has 3 heteroatoms. The molecule has 2 aromatic carbocycles. The van der Waals surface area contributed by atoms with E-state index in [-0.39, 0.29) is 5.82 Å². The summed E-state index contributed by atoms with van der Waals surface area (Å²) in [5.41, 5.74) is 9.96. The molecule has 0 saturated carbocycles. The highest BCUT2D eigenvalue weighted by Crippen LogP contribution is 2.22. The molecule has 0 unspecified atom stereocenters. The lowest BCUT2D eigenvalue weighted by molar-refractivity contribution is 0.625. The molecule has 0 aromatic heterocycles. The lowest BCUT2D eigenvalue weighted by Crippen LogP contribution is -2.19. The summed E-state index contributed by atoms with van der Waals surface area (Å²) in [6, 6.07) is 13.1. The van der Waals surface area contributed by atoms with E-state index in [0.717, 1.165) is 17.8 Å². The standard InChI is InChI=1S/C16H19FN2/c1-12-4-3-5-13(8-12)11-19(2)16-7-6-15(17)9-14(16)10-18/h3-9H,10-11,18H2,1-2H3. The van der Waals surface area contributed by atoms with Gasteiger partial charge < -0.3 is 10.6 Å². The zero-order chi connectivity index (χ0) is 13.8. The van der Waals surface area contributed by atoms with Crippen LogP contribution < -0.4 is 10.6 Å². The van der Waals surface area contributed by atoms with Crippen molar-refractivity contribution in [1.82, 2.24) is 0 Å². The monoisotopic (exact) mass is 258 g/mol. The average Bonchev–Trinajstić information content (AvgIpc) is 2.38. The van der Waals surface area contributed by atoms with Gasteiger partial charge in [-0.2, -0.15) is 0 Å². The minimum Gasteiger partial charge on any atom is -0.370 e. The number of nitrogens with zero attached hydrogens (tertiary/aromatic N) is 1. The van der Waals surface area contributed by atoms with Crippen LogP contribution in [0.4, 0.5) is 10.1 Å². The summed E-state index contributed by atoms with van der Waals surface area (Å²) in [6.07, 6.45) is 0. The molecule has 19 heavy (non-hydrogen) atoms. The number of aryl methyl sites for hydroxylation is 1. The molecule has 0 heterocycles. The summed E-state index contributed by atoms with van der Waals surface area (Å²) in [5.74, 6) is -0.242. The third-order valence-corrected chi connectivity index (χ3v) is 3.17. The zero-order valence-electron chi connectivity index (χ0n) is 11.4. The van der Waals surface area contributed by atoms with Crippen molar-refractivity contribution in [3.05, 3.63) is 65.0 Å². The van der Waals surface area contributed by atoms with Gasteiger partial charge in [0, 0.05) is 25.8 Å². The van der Waals surface area contributed by atoms with Gasteiger partial charge in [0.2, 0.25) is 0 Å². The highest BCUT2D eigenvalue weighted by atomic mass is 19.1. The minimum atomic E-state index is -0.242. The maximum absolute atomic E-state index is 13.2. The molecule has 0 aliphatic rings. The van der Waals surface area contributed by atoms with Crippen molar-refractivity contribution in [2.45, 2.75) is 20.0 Å². The Morgan fingerprint density at radius 1 is 1.16 bits per heavy atom. The quantitative estimate of drug-likeness (QED) is 0.912. The average molecular weight is 258 g/mol. The van der Waals surface area contributed by atoms with Gasteiger partial charge in [-0.3, -0.25) is 0 Å². The number of nitrogens with two attached hydrogens (primary N) is 1. The van der Waals surface area contributed by atoms with Crippen molar-refractivity contribution in [1.29, 1.82) is 0 Å². The number of anilines is 1. The van der Waals surface area contributed by atoms with E-state index in [2.05, 4.69) is 30.0 Å². The van der Waals surface area contributed by atoms with Crippen LogP contribution in [0.5, 0.6) is 0 Å². The van der Waals surface area contributed by atoms with Gasteiger partial charge in [0.1, 0.15) is 5.82 Å². The molecule has 0 spiro atoms. The van der Waals surface area contributed by atoms with Crippen LogP contribution in [-0.4, -0.2) is 7.05 Å². The molecule has 0 aliphatic carbocycles. The van der Waals surface area contributed by atoms with Crippen LogP contribution in [0, 0.1) is 12.7 Å². The van der Waals surface area contributed by atoms with E-state index in [9.17, 15) is 4.39 Å². The first-order valence-electron chi connectivity index (χ1n) is 6.35. The van der Waals surface area contributed by atoms with Crippen LogP contribution in [0.3, 0.4) is 0 Å². The molecule has 2 N–H and O–H groups in total. The first kappa shape index (κ1) is 13.6. The first-order valence-corrected chi connectivity index (χ1v) is 6.35.